The molecule has 4 heteroatoms. The molecule has 0 saturated carbocycles. The van der Waals surface area contributed by atoms with Crippen LogP contribution in [0.25, 0.3) is 122 Å². The Hall–Kier alpha value is -9.12. The molecule has 0 fully saturated rings. The van der Waals surface area contributed by atoms with Crippen LogP contribution in [0, 0.1) is 0 Å². The van der Waals surface area contributed by atoms with Crippen LogP contribution in [0.4, 0.5) is 0 Å². The van der Waals surface area contributed by atoms with E-state index in [1.165, 1.54) is 43.7 Å². The lowest BCUT2D eigenvalue weighted by Gasteiger charge is -2.13. The maximum atomic E-state index is 5.32. The van der Waals surface area contributed by atoms with E-state index in [9.17, 15) is 0 Å². The van der Waals surface area contributed by atoms with Crippen LogP contribution < -0.4 is 0 Å². The number of fused-ring (bicyclic) bond motifs is 6. The second-order valence-electron chi connectivity index (χ2n) is 17.4. The molecule has 0 amide bonds. The van der Waals surface area contributed by atoms with Gasteiger partial charge < -0.3 is 9.13 Å². The second kappa shape index (κ2) is 16.4. The molecule has 0 aliphatic carbocycles. The average molecular weight is 867 g/mol. The third kappa shape index (κ3) is 6.86. The van der Waals surface area contributed by atoms with Gasteiger partial charge in [-0.25, -0.2) is 9.97 Å². The summed E-state index contributed by atoms with van der Waals surface area (Å²) in [6.07, 6.45) is 0. The molecule has 13 aromatic rings. The van der Waals surface area contributed by atoms with Gasteiger partial charge in [0.1, 0.15) is 0 Å². The Kier molecular flexibility index (Phi) is 9.47. The van der Waals surface area contributed by atoms with Crippen molar-refractivity contribution in [2.75, 3.05) is 0 Å². The first kappa shape index (κ1) is 39.3. The lowest BCUT2D eigenvalue weighted by atomic mass is 9.98. The van der Waals surface area contributed by atoms with E-state index in [4.69, 9.17) is 9.97 Å². The van der Waals surface area contributed by atoms with Crippen molar-refractivity contribution in [2.24, 2.45) is 0 Å². The van der Waals surface area contributed by atoms with Crippen molar-refractivity contribution < 1.29 is 0 Å². The van der Waals surface area contributed by atoms with E-state index >= 15 is 0 Å². The summed E-state index contributed by atoms with van der Waals surface area (Å²) in [7, 11) is 0. The van der Waals surface area contributed by atoms with Crippen LogP contribution in [0.3, 0.4) is 0 Å². The van der Waals surface area contributed by atoms with E-state index in [-0.39, 0.29) is 0 Å². The van der Waals surface area contributed by atoms with E-state index in [1.54, 1.807) is 0 Å². The number of hydrogen-bond donors (Lipinski definition) is 0. The van der Waals surface area contributed by atoms with Gasteiger partial charge in [0.2, 0.25) is 0 Å². The zero-order chi connectivity index (χ0) is 45.0. The van der Waals surface area contributed by atoms with Crippen LogP contribution >= 0.6 is 0 Å². The Balaban J connectivity index is 0.921. The third-order valence-electron chi connectivity index (χ3n) is 13.3. The summed E-state index contributed by atoms with van der Waals surface area (Å²) < 4.78 is 4.79. The predicted octanol–water partition coefficient (Wildman–Crippen LogP) is 16.7. The van der Waals surface area contributed by atoms with Gasteiger partial charge in [-0.1, -0.05) is 182 Å². The fraction of sp³-hybridized carbons (Fsp3) is 0. The Morgan fingerprint density at radius 3 is 1.12 bits per heavy atom. The highest BCUT2D eigenvalue weighted by atomic mass is 15.0. The quantitative estimate of drug-likeness (QED) is 0.153. The van der Waals surface area contributed by atoms with Crippen LogP contribution in [0.1, 0.15) is 0 Å². The smallest absolute Gasteiger partial charge is 0.160 e. The van der Waals surface area contributed by atoms with Crippen LogP contribution in [0.15, 0.2) is 255 Å². The molecular formula is C64H42N4. The fourth-order valence-corrected chi connectivity index (χ4v) is 10.1. The Labute approximate surface area is 394 Å². The van der Waals surface area contributed by atoms with Gasteiger partial charge in [-0.3, -0.25) is 0 Å². The van der Waals surface area contributed by atoms with Crippen molar-refractivity contribution in [3.63, 3.8) is 0 Å². The molecule has 4 nitrogen and oxygen atoms in total. The molecule has 0 saturated heterocycles. The second-order valence-corrected chi connectivity index (χ2v) is 17.4. The zero-order valence-corrected chi connectivity index (χ0v) is 37.0. The lowest BCUT2D eigenvalue weighted by molar-refractivity contribution is 1.13. The average Bonchev–Trinajstić information content (AvgIpc) is 3.94. The fourth-order valence-electron chi connectivity index (χ4n) is 10.1. The van der Waals surface area contributed by atoms with Crippen LogP contribution in [-0.2, 0) is 0 Å². The largest absolute Gasteiger partial charge is 0.309 e. The van der Waals surface area contributed by atoms with E-state index in [0.717, 1.165) is 72.7 Å². The first-order valence-corrected chi connectivity index (χ1v) is 23.1. The molecule has 3 aromatic heterocycles. The third-order valence-corrected chi connectivity index (χ3v) is 13.3. The van der Waals surface area contributed by atoms with Gasteiger partial charge in [-0.15, -0.1) is 0 Å². The van der Waals surface area contributed by atoms with Crippen molar-refractivity contribution in [1.29, 1.82) is 0 Å². The summed E-state index contributed by atoms with van der Waals surface area (Å²) in [5.41, 5.74) is 18.6. The Morgan fingerprint density at radius 1 is 0.221 bits per heavy atom. The van der Waals surface area contributed by atoms with Gasteiger partial charge in [0.05, 0.1) is 33.5 Å². The number of benzene rings is 10. The first-order valence-electron chi connectivity index (χ1n) is 23.1. The van der Waals surface area contributed by atoms with Crippen LogP contribution in [0.5, 0.6) is 0 Å². The molecule has 0 aliphatic heterocycles. The highest BCUT2D eigenvalue weighted by Crippen LogP contribution is 2.39. The summed E-state index contributed by atoms with van der Waals surface area (Å²) in [6, 6.07) is 91.1. The zero-order valence-electron chi connectivity index (χ0n) is 37.0. The van der Waals surface area contributed by atoms with Crippen LogP contribution in [0.2, 0.25) is 0 Å². The van der Waals surface area contributed by atoms with E-state index in [0.29, 0.717) is 5.82 Å². The van der Waals surface area contributed by atoms with Crippen molar-refractivity contribution in [2.45, 2.75) is 0 Å². The molecule has 0 N–H and O–H groups in total. The molecule has 0 atom stereocenters. The molecule has 0 unspecified atom stereocenters. The predicted molar refractivity (Wildman–Crippen MR) is 283 cm³/mol. The Bertz CT molecular complexity index is 3880. The minimum atomic E-state index is 0.676. The van der Waals surface area contributed by atoms with Crippen molar-refractivity contribution >= 4 is 43.6 Å². The van der Waals surface area contributed by atoms with E-state index in [2.05, 4.69) is 264 Å². The highest BCUT2D eigenvalue weighted by Gasteiger charge is 2.18. The molecular weight excluding hydrogens is 825 g/mol. The van der Waals surface area contributed by atoms with E-state index in [1.807, 2.05) is 0 Å². The lowest BCUT2D eigenvalue weighted by Crippen LogP contribution is -1.98. The standard InChI is InChI=1S/C64H42N4/c1-3-17-43(18-4-1)45-21-13-24-49(37-45)58-42-59(50-25-14-22-46(38-50)44-19-5-2-6-20-44)66-64(65-58)51-26-15-23-47(39-51)48-35-36-63-57(40-48)56-31-9-12-34-62(56)68(63)53-28-16-27-52(41-53)67-60-32-10-7-29-54(60)55-30-8-11-33-61(55)67/h1-42H. The first-order chi connectivity index (χ1) is 33.7. The molecule has 0 spiro atoms. The number of hydrogen-bond acceptors (Lipinski definition) is 2. The summed E-state index contributed by atoms with van der Waals surface area (Å²) in [5, 5.41) is 4.91. The molecule has 0 radical (unpaired) electrons. The molecule has 10 aromatic carbocycles. The number of nitrogens with zero attached hydrogens (tertiary/aromatic N) is 4. The molecule has 68 heavy (non-hydrogen) atoms. The van der Waals surface area contributed by atoms with Gasteiger partial charge in [-0.05, 0) is 106 Å². The van der Waals surface area contributed by atoms with Crippen molar-refractivity contribution in [3.8, 4) is 78.7 Å². The van der Waals surface area contributed by atoms with Crippen LogP contribution in [-0.4, -0.2) is 19.1 Å². The van der Waals surface area contributed by atoms with Crippen molar-refractivity contribution in [3.05, 3.63) is 255 Å². The van der Waals surface area contributed by atoms with Gasteiger partial charge in [0.25, 0.3) is 0 Å². The SMILES string of the molecule is c1ccc(-c2cccc(-c3cc(-c4cccc(-c5ccccc5)c4)nc(-c4cccc(-c5ccc6c(c5)c5ccccc5n6-c5cccc(-n6c7ccccc7c7ccccc76)c5)c4)n3)c2)cc1. The van der Waals surface area contributed by atoms with Gasteiger partial charge in [0, 0.05) is 49.6 Å². The molecule has 3 heterocycles. The monoisotopic (exact) mass is 866 g/mol. The van der Waals surface area contributed by atoms with Crippen molar-refractivity contribution in [1.82, 2.24) is 19.1 Å². The maximum absolute atomic E-state index is 5.32. The van der Waals surface area contributed by atoms with Gasteiger partial charge in [0.15, 0.2) is 5.82 Å². The number of para-hydroxylation sites is 3. The minimum Gasteiger partial charge on any atom is -0.309 e. The topological polar surface area (TPSA) is 35.6 Å². The number of rotatable bonds is 8. The van der Waals surface area contributed by atoms with Gasteiger partial charge in [-0.2, -0.15) is 0 Å². The summed E-state index contributed by atoms with van der Waals surface area (Å²) in [4.78, 5) is 10.6. The Morgan fingerprint density at radius 2 is 0.588 bits per heavy atom. The van der Waals surface area contributed by atoms with E-state index < -0.39 is 0 Å². The van der Waals surface area contributed by atoms with Gasteiger partial charge >= 0.3 is 0 Å². The summed E-state index contributed by atoms with van der Waals surface area (Å²) in [6.45, 7) is 0. The highest BCUT2D eigenvalue weighted by molar-refractivity contribution is 6.11. The molecule has 0 aliphatic rings. The molecule has 0 bridgehead atoms. The minimum absolute atomic E-state index is 0.676. The molecule has 318 valence electrons. The number of aromatic nitrogens is 4. The normalized spacial score (nSPS) is 11.5. The molecule has 13 rings (SSSR count). The maximum Gasteiger partial charge on any atom is 0.160 e. The summed E-state index contributed by atoms with van der Waals surface area (Å²) >= 11 is 0. The summed E-state index contributed by atoms with van der Waals surface area (Å²) in [5.74, 6) is 0.676.